The lowest BCUT2D eigenvalue weighted by Crippen LogP contribution is -2.20. The fourth-order valence-corrected chi connectivity index (χ4v) is 2.77. The molecule has 0 aliphatic heterocycles. The molecule has 0 bridgehead atoms. The fourth-order valence-electron chi connectivity index (χ4n) is 2.77. The van der Waals surface area contributed by atoms with Crippen LogP contribution in [-0.2, 0) is 4.74 Å². The first-order valence-corrected chi connectivity index (χ1v) is 9.60. The molecule has 0 aliphatic carbocycles. The second-order valence-corrected chi connectivity index (χ2v) is 7.44. The zero-order valence-corrected chi connectivity index (χ0v) is 15.8. The van der Waals surface area contributed by atoms with Gasteiger partial charge in [0.05, 0.1) is 0 Å². The van der Waals surface area contributed by atoms with Gasteiger partial charge in [-0.05, 0) is 23.7 Å². The molecule has 0 spiro atoms. The SMILES string of the molecule is CCCCCC(C)C(C)COCC(C)C(C)CCCCC. The zero-order chi connectivity index (χ0) is 16.1. The van der Waals surface area contributed by atoms with E-state index in [1.807, 2.05) is 0 Å². The van der Waals surface area contributed by atoms with Crippen molar-refractivity contribution in [2.24, 2.45) is 23.7 Å². The minimum Gasteiger partial charge on any atom is -0.381 e. The van der Waals surface area contributed by atoms with E-state index in [1.165, 1.54) is 51.4 Å². The van der Waals surface area contributed by atoms with Gasteiger partial charge in [0.25, 0.3) is 0 Å². The van der Waals surface area contributed by atoms with Crippen LogP contribution in [0.25, 0.3) is 0 Å². The maximum Gasteiger partial charge on any atom is 0.0494 e. The minimum absolute atomic E-state index is 0.699. The highest BCUT2D eigenvalue weighted by atomic mass is 16.5. The summed E-state index contributed by atoms with van der Waals surface area (Å²) in [6, 6.07) is 0. The number of rotatable bonds is 14. The van der Waals surface area contributed by atoms with Crippen LogP contribution in [0.3, 0.4) is 0 Å². The predicted octanol–water partition coefficient (Wildman–Crippen LogP) is 6.71. The number of ether oxygens (including phenoxy) is 1. The molecule has 0 N–H and O–H groups in total. The highest BCUT2D eigenvalue weighted by Gasteiger charge is 2.15. The van der Waals surface area contributed by atoms with Gasteiger partial charge >= 0.3 is 0 Å². The summed E-state index contributed by atoms with van der Waals surface area (Å²) in [6.45, 7) is 15.9. The highest BCUT2D eigenvalue weighted by Crippen LogP contribution is 2.21. The van der Waals surface area contributed by atoms with Crippen LogP contribution in [-0.4, -0.2) is 13.2 Å². The van der Waals surface area contributed by atoms with Crippen LogP contribution in [0.2, 0.25) is 0 Å². The second kappa shape index (κ2) is 13.6. The van der Waals surface area contributed by atoms with Gasteiger partial charge in [0.15, 0.2) is 0 Å². The van der Waals surface area contributed by atoms with Gasteiger partial charge in [-0.3, -0.25) is 0 Å². The Labute approximate surface area is 135 Å². The minimum atomic E-state index is 0.699. The third kappa shape index (κ3) is 11.2. The Morgan fingerprint density at radius 1 is 0.571 bits per heavy atom. The molecular formula is C20H42O. The van der Waals surface area contributed by atoms with Gasteiger partial charge in [-0.1, -0.05) is 92.9 Å². The molecule has 128 valence electrons. The molecule has 0 amide bonds. The van der Waals surface area contributed by atoms with Crippen LogP contribution in [0.4, 0.5) is 0 Å². The van der Waals surface area contributed by atoms with E-state index < -0.39 is 0 Å². The second-order valence-electron chi connectivity index (χ2n) is 7.44. The summed E-state index contributed by atoms with van der Waals surface area (Å²) in [6.07, 6.45) is 10.9. The topological polar surface area (TPSA) is 9.23 Å². The molecule has 0 radical (unpaired) electrons. The van der Waals surface area contributed by atoms with Gasteiger partial charge in [0, 0.05) is 13.2 Å². The van der Waals surface area contributed by atoms with Crippen molar-refractivity contribution in [3.63, 3.8) is 0 Å². The van der Waals surface area contributed by atoms with Crippen LogP contribution in [0, 0.1) is 23.7 Å². The maximum atomic E-state index is 6.01. The molecule has 0 rings (SSSR count). The summed E-state index contributed by atoms with van der Waals surface area (Å²) in [4.78, 5) is 0. The number of unbranched alkanes of at least 4 members (excludes halogenated alkanes) is 4. The van der Waals surface area contributed by atoms with Crippen molar-refractivity contribution in [1.82, 2.24) is 0 Å². The van der Waals surface area contributed by atoms with Crippen molar-refractivity contribution in [3.8, 4) is 0 Å². The Morgan fingerprint density at radius 2 is 0.952 bits per heavy atom. The molecule has 0 aliphatic rings. The van der Waals surface area contributed by atoms with Crippen molar-refractivity contribution in [2.75, 3.05) is 13.2 Å². The molecule has 1 nitrogen and oxygen atoms in total. The predicted molar refractivity (Wildman–Crippen MR) is 95.8 cm³/mol. The average Bonchev–Trinajstić information content (AvgIpc) is 2.47. The molecule has 0 fully saturated rings. The summed E-state index contributed by atoms with van der Waals surface area (Å²) in [5, 5.41) is 0. The monoisotopic (exact) mass is 298 g/mol. The Morgan fingerprint density at radius 3 is 1.29 bits per heavy atom. The number of hydrogen-bond donors (Lipinski definition) is 0. The molecule has 1 heteroatoms. The Balaban J connectivity index is 3.70. The van der Waals surface area contributed by atoms with Gasteiger partial charge in [-0.25, -0.2) is 0 Å². The van der Waals surface area contributed by atoms with Crippen LogP contribution in [0.5, 0.6) is 0 Å². The summed E-state index contributed by atoms with van der Waals surface area (Å²) < 4.78 is 6.01. The van der Waals surface area contributed by atoms with E-state index in [2.05, 4.69) is 41.5 Å². The van der Waals surface area contributed by atoms with Crippen molar-refractivity contribution in [2.45, 2.75) is 92.9 Å². The molecule has 0 saturated heterocycles. The summed E-state index contributed by atoms with van der Waals surface area (Å²) in [7, 11) is 0. The quantitative estimate of drug-likeness (QED) is 0.324. The van der Waals surface area contributed by atoms with E-state index in [0.717, 1.165) is 25.0 Å². The van der Waals surface area contributed by atoms with Gasteiger partial charge in [0.2, 0.25) is 0 Å². The van der Waals surface area contributed by atoms with Crippen molar-refractivity contribution >= 4 is 0 Å². The molecule has 0 heterocycles. The lowest BCUT2D eigenvalue weighted by atomic mass is 9.90. The van der Waals surface area contributed by atoms with E-state index in [-0.39, 0.29) is 0 Å². The molecule has 0 aromatic rings. The first-order chi connectivity index (χ1) is 10.0. The maximum absolute atomic E-state index is 6.01. The summed E-state index contributed by atoms with van der Waals surface area (Å²) in [5.74, 6) is 3.00. The highest BCUT2D eigenvalue weighted by molar-refractivity contribution is 4.64. The standard InChI is InChI=1S/C20H42O/c1-7-9-11-13-17(3)19(5)15-21-16-20(6)18(4)14-12-10-8-2/h17-20H,7-16H2,1-6H3. The van der Waals surface area contributed by atoms with E-state index >= 15 is 0 Å². The summed E-state index contributed by atoms with van der Waals surface area (Å²) in [5.41, 5.74) is 0. The van der Waals surface area contributed by atoms with Crippen molar-refractivity contribution in [1.29, 1.82) is 0 Å². The zero-order valence-electron chi connectivity index (χ0n) is 15.8. The Hall–Kier alpha value is -0.0400. The van der Waals surface area contributed by atoms with E-state index in [1.54, 1.807) is 0 Å². The number of hydrogen-bond acceptors (Lipinski definition) is 1. The first-order valence-electron chi connectivity index (χ1n) is 9.60. The molecule has 0 saturated carbocycles. The smallest absolute Gasteiger partial charge is 0.0494 e. The Kier molecular flexibility index (Phi) is 13.6. The molecule has 0 aromatic carbocycles. The fraction of sp³-hybridized carbons (Fsp3) is 1.00. The van der Waals surface area contributed by atoms with Crippen LogP contribution < -0.4 is 0 Å². The van der Waals surface area contributed by atoms with Crippen molar-refractivity contribution < 1.29 is 4.74 Å². The molecule has 4 atom stereocenters. The lowest BCUT2D eigenvalue weighted by molar-refractivity contribution is 0.0498. The third-order valence-electron chi connectivity index (χ3n) is 5.23. The molecule has 0 aromatic heterocycles. The van der Waals surface area contributed by atoms with Crippen molar-refractivity contribution in [3.05, 3.63) is 0 Å². The largest absolute Gasteiger partial charge is 0.381 e. The summed E-state index contributed by atoms with van der Waals surface area (Å²) >= 11 is 0. The van der Waals surface area contributed by atoms with Gasteiger partial charge < -0.3 is 4.74 Å². The molecule has 21 heavy (non-hydrogen) atoms. The van der Waals surface area contributed by atoms with E-state index in [0.29, 0.717) is 11.8 Å². The van der Waals surface area contributed by atoms with Crippen LogP contribution >= 0.6 is 0 Å². The van der Waals surface area contributed by atoms with Crippen LogP contribution in [0.1, 0.15) is 92.9 Å². The van der Waals surface area contributed by atoms with E-state index in [4.69, 9.17) is 4.74 Å². The Bertz CT molecular complexity index is 192. The third-order valence-corrected chi connectivity index (χ3v) is 5.23. The van der Waals surface area contributed by atoms with Gasteiger partial charge in [-0.15, -0.1) is 0 Å². The molecule has 4 unspecified atom stereocenters. The first kappa shape index (κ1) is 21.0. The van der Waals surface area contributed by atoms with Gasteiger partial charge in [0.1, 0.15) is 0 Å². The molecular weight excluding hydrogens is 256 g/mol. The normalized spacial score (nSPS) is 17.4. The van der Waals surface area contributed by atoms with Gasteiger partial charge in [-0.2, -0.15) is 0 Å². The van der Waals surface area contributed by atoms with E-state index in [9.17, 15) is 0 Å². The lowest BCUT2D eigenvalue weighted by Gasteiger charge is -2.23. The average molecular weight is 299 g/mol. The van der Waals surface area contributed by atoms with Crippen LogP contribution in [0.15, 0.2) is 0 Å².